The van der Waals surface area contributed by atoms with Crippen molar-refractivity contribution in [1.82, 2.24) is 5.32 Å². The lowest BCUT2D eigenvalue weighted by Gasteiger charge is -2.15. The van der Waals surface area contributed by atoms with E-state index in [-0.39, 0.29) is 12.4 Å². The Balaban J connectivity index is 1.59. The third-order valence-electron chi connectivity index (χ3n) is 4.53. The maximum atomic E-state index is 13.8. The number of halogens is 4. The number of nitrogens with one attached hydrogen (secondary N) is 1. The van der Waals surface area contributed by atoms with E-state index in [4.69, 9.17) is 32.7 Å². The number of rotatable bonds is 9. The van der Waals surface area contributed by atoms with Crippen molar-refractivity contribution in [3.8, 4) is 11.5 Å². The minimum atomic E-state index is -0.297. The van der Waals surface area contributed by atoms with Crippen molar-refractivity contribution >= 4 is 39.1 Å². The number of hydrogen-bond acceptors (Lipinski definition) is 3. The fraction of sp³-hybridized carbons (Fsp3) is 0.217. The highest BCUT2D eigenvalue weighted by atomic mass is 79.9. The van der Waals surface area contributed by atoms with Crippen LogP contribution in [-0.4, -0.2) is 13.7 Å². The second-order valence-electron chi connectivity index (χ2n) is 6.65. The fourth-order valence-corrected chi connectivity index (χ4v) is 4.07. The van der Waals surface area contributed by atoms with Crippen LogP contribution in [0.3, 0.4) is 0 Å². The molecule has 0 aliphatic carbocycles. The molecule has 0 bridgehead atoms. The molecule has 3 aromatic carbocycles. The smallest absolute Gasteiger partial charge is 0.175 e. The molecule has 0 spiro atoms. The van der Waals surface area contributed by atoms with Gasteiger partial charge in [0.25, 0.3) is 0 Å². The molecular weight excluding hydrogens is 492 g/mol. The molecule has 0 atom stereocenters. The van der Waals surface area contributed by atoms with E-state index in [1.54, 1.807) is 31.4 Å². The summed E-state index contributed by atoms with van der Waals surface area (Å²) in [7, 11) is 1.58. The zero-order chi connectivity index (χ0) is 21.5. The minimum absolute atomic E-state index is 0.112. The van der Waals surface area contributed by atoms with Crippen LogP contribution >= 0.6 is 39.1 Å². The Morgan fingerprint density at radius 3 is 2.57 bits per heavy atom. The lowest BCUT2D eigenvalue weighted by Crippen LogP contribution is -2.17. The number of methoxy groups -OCH3 is 1. The van der Waals surface area contributed by atoms with E-state index in [9.17, 15) is 4.39 Å². The van der Waals surface area contributed by atoms with Gasteiger partial charge in [-0.2, -0.15) is 0 Å². The molecule has 3 nitrogen and oxygen atoms in total. The van der Waals surface area contributed by atoms with Gasteiger partial charge in [-0.05, 0) is 70.4 Å². The van der Waals surface area contributed by atoms with Crippen molar-refractivity contribution in [1.29, 1.82) is 0 Å². The van der Waals surface area contributed by atoms with Gasteiger partial charge in [0, 0.05) is 22.2 Å². The second-order valence-corrected chi connectivity index (χ2v) is 8.35. The van der Waals surface area contributed by atoms with Crippen LogP contribution in [-0.2, 0) is 19.6 Å². The molecule has 0 heterocycles. The molecule has 3 rings (SSSR count). The molecular formula is C23H21BrCl2FNO2. The minimum Gasteiger partial charge on any atom is -0.493 e. The van der Waals surface area contributed by atoms with Crippen molar-refractivity contribution in [2.24, 2.45) is 0 Å². The maximum Gasteiger partial charge on any atom is 0.175 e. The van der Waals surface area contributed by atoms with Gasteiger partial charge >= 0.3 is 0 Å². The average molecular weight is 513 g/mol. The van der Waals surface area contributed by atoms with E-state index < -0.39 is 0 Å². The topological polar surface area (TPSA) is 30.5 Å². The molecule has 0 aromatic heterocycles. The van der Waals surface area contributed by atoms with Crippen LogP contribution < -0.4 is 14.8 Å². The Labute approximate surface area is 194 Å². The number of hydrogen-bond donors (Lipinski definition) is 1. The molecule has 0 amide bonds. The van der Waals surface area contributed by atoms with Crippen LogP contribution in [0.2, 0.25) is 10.0 Å². The molecule has 1 N–H and O–H groups in total. The van der Waals surface area contributed by atoms with Crippen molar-refractivity contribution in [2.75, 3.05) is 13.7 Å². The monoisotopic (exact) mass is 511 g/mol. The van der Waals surface area contributed by atoms with Gasteiger partial charge in [0.15, 0.2) is 11.5 Å². The molecule has 3 aromatic rings. The largest absolute Gasteiger partial charge is 0.493 e. The molecule has 0 aliphatic heterocycles. The molecule has 0 aliphatic rings. The predicted octanol–water partition coefficient (Wildman–Crippen LogP) is 6.81. The standard InChI is InChI=1S/C23H21BrCl2FNO2/c1-29-22-11-15(13-28-9-8-16-6-7-18(25)12-20(16)26)10-19(24)23(22)30-14-17-4-2-3-5-21(17)27/h2-7,10-12,28H,8-9,13-14H2,1H3. The lowest BCUT2D eigenvalue weighted by atomic mass is 10.1. The summed E-state index contributed by atoms with van der Waals surface area (Å²) >= 11 is 15.7. The summed E-state index contributed by atoms with van der Waals surface area (Å²) in [6.45, 7) is 1.52. The van der Waals surface area contributed by atoms with E-state index in [0.29, 0.717) is 33.7 Å². The Morgan fingerprint density at radius 2 is 1.83 bits per heavy atom. The van der Waals surface area contributed by atoms with Crippen LogP contribution in [0.15, 0.2) is 59.1 Å². The number of ether oxygens (including phenoxy) is 2. The zero-order valence-corrected chi connectivity index (χ0v) is 19.5. The molecule has 158 valence electrons. The molecule has 0 unspecified atom stereocenters. The average Bonchev–Trinajstić information content (AvgIpc) is 2.72. The quantitative estimate of drug-likeness (QED) is 0.319. The Morgan fingerprint density at radius 1 is 1.03 bits per heavy atom. The van der Waals surface area contributed by atoms with Crippen LogP contribution in [0, 0.1) is 5.82 Å². The Kier molecular flexibility index (Phi) is 8.40. The molecule has 0 saturated carbocycles. The van der Waals surface area contributed by atoms with E-state index in [0.717, 1.165) is 28.6 Å². The summed E-state index contributed by atoms with van der Waals surface area (Å²) < 4.78 is 25.9. The summed E-state index contributed by atoms with van der Waals surface area (Å²) in [5.41, 5.74) is 2.56. The van der Waals surface area contributed by atoms with Crippen LogP contribution in [0.5, 0.6) is 11.5 Å². The maximum absolute atomic E-state index is 13.8. The molecule has 0 fully saturated rings. The summed E-state index contributed by atoms with van der Waals surface area (Å²) in [5, 5.41) is 4.70. The van der Waals surface area contributed by atoms with E-state index in [2.05, 4.69) is 21.2 Å². The predicted molar refractivity (Wildman–Crippen MR) is 123 cm³/mol. The van der Waals surface area contributed by atoms with Crippen LogP contribution in [0.1, 0.15) is 16.7 Å². The van der Waals surface area contributed by atoms with E-state index >= 15 is 0 Å². The first-order valence-electron chi connectivity index (χ1n) is 9.35. The second kappa shape index (κ2) is 11.0. The van der Waals surface area contributed by atoms with E-state index in [1.807, 2.05) is 24.3 Å². The van der Waals surface area contributed by atoms with Crippen molar-refractivity contribution in [3.05, 3.63) is 91.6 Å². The highest BCUT2D eigenvalue weighted by molar-refractivity contribution is 9.10. The summed E-state index contributed by atoms with van der Waals surface area (Å²) in [6, 6.07) is 15.9. The van der Waals surface area contributed by atoms with Gasteiger partial charge in [-0.1, -0.05) is 47.5 Å². The summed E-state index contributed by atoms with van der Waals surface area (Å²) in [4.78, 5) is 0. The van der Waals surface area contributed by atoms with Gasteiger partial charge in [-0.25, -0.2) is 4.39 Å². The first-order chi connectivity index (χ1) is 14.5. The first kappa shape index (κ1) is 22.9. The Hall–Kier alpha value is -1.79. The third kappa shape index (κ3) is 6.11. The van der Waals surface area contributed by atoms with Crippen molar-refractivity contribution in [2.45, 2.75) is 19.6 Å². The molecule has 0 saturated heterocycles. The van der Waals surface area contributed by atoms with Gasteiger partial charge in [0.1, 0.15) is 12.4 Å². The first-order valence-corrected chi connectivity index (χ1v) is 10.9. The SMILES string of the molecule is COc1cc(CNCCc2ccc(Cl)cc2Cl)cc(Br)c1OCc1ccccc1F. The molecule has 0 radical (unpaired) electrons. The van der Waals surface area contributed by atoms with Gasteiger partial charge in [0.2, 0.25) is 0 Å². The highest BCUT2D eigenvalue weighted by Crippen LogP contribution is 2.37. The third-order valence-corrected chi connectivity index (χ3v) is 5.71. The highest BCUT2D eigenvalue weighted by Gasteiger charge is 2.13. The van der Waals surface area contributed by atoms with Gasteiger partial charge < -0.3 is 14.8 Å². The fourth-order valence-electron chi connectivity index (χ4n) is 2.96. The van der Waals surface area contributed by atoms with Crippen LogP contribution in [0.4, 0.5) is 4.39 Å². The van der Waals surface area contributed by atoms with E-state index in [1.165, 1.54) is 6.07 Å². The normalized spacial score (nSPS) is 10.8. The van der Waals surface area contributed by atoms with Crippen LogP contribution in [0.25, 0.3) is 0 Å². The number of benzene rings is 3. The van der Waals surface area contributed by atoms with Crippen molar-refractivity contribution in [3.63, 3.8) is 0 Å². The molecule has 7 heteroatoms. The van der Waals surface area contributed by atoms with Gasteiger partial charge in [-0.15, -0.1) is 0 Å². The molecule has 30 heavy (non-hydrogen) atoms. The van der Waals surface area contributed by atoms with Gasteiger partial charge in [-0.3, -0.25) is 0 Å². The zero-order valence-electron chi connectivity index (χ0n) is 16.4. The summed E-state index contributed by atoms with van der Waals surface area (Å²) in [5.74, 6) is 0.824. The Bertz CT molecular complexity index is 1020. The van der Waals surface area contributed by atoms with Crippen molar-refractivity contribution < 1.29 is 13.9 Å². The summed E-state index contributed by atoms with van der Waals surface area (Å²) in [6.07, 6.45) is 0.790. The van der Waals surface area contributed by atoms with Gasteiger partial charge in [0.05, 0.1) is 11.6 Å². The lowest BCUT2D eigenvalue weighted by molar-refractivity contribution is 0.277.